The molecule has 2 aromatic carbocycles. The van der Waals surface area contributed by atoms with Crippen LogP contribution < -0.4 is 11.1 Å². The lowest BCUT2D eigenvalue weighted by Crippen LogP contribution is -2.32. The van der Waals surface area contributed by atoms with Crippen molar-refractivity contribution in [2.45, 2.75) is 32.2 Å². The molecule has 0 spiro atoms. The standard InChI is InChI=1S/C22H24N4O/c1-15-10-12-17(13-11-15)26-20-9-5-8-18(20)21(25-26)22(27)24-14-19(23)16-6-3-2-4-7-16/h2-4,6-7,10-13,19H,5,8-9,14,23H2,1H3,(H,24,27). The lowest BCUT2D eigenvalue weighted by molar-refractivity contribution is 0.0945. The molecule has 1 aromatic heterocycles. The van der Waals surface area contributed by atoms with Crippen LogP contribution in [0.1, 0.15) is 45.3 Å². The van der Waals surface area contributed by atoms with Crippen molar-refractivity contribution < 1.29 is 4.79 Å². The number of amides is 1. The van der Waals surface area contributed by atoms with Gasteiger partial charge in [-0.2, -0.15) is 5.10 Å². The Kier molecular flexibility index (Phi) is 4.77. The van der Waals surface area contributed by atoms with Crippen LogP contribution in [-0.4, -0.2) is 22.2 Å². The molecule has 4 rings (SSSR count). The van der Waals surface area contributed by atoms with E-state index in [4.69, 9.17) is 5.73 Å². The number of carbonyl (C=O) groups is 1. The van der Waals surface area contributed by atoms with Crippen molar-refractivity contribution in [2.24, 2.45) is 5.73 Å². The van der Waals surface area contributed by atoms with E-state index in [0.717, 1.165) is 41.8 Å². The van der Waals surface area contributed by atoms with Gasteiger partial charge in [-0.15, -0.1) is 0 Å². The van der Waals surface area contributed by atoms with Crippen molar-refractivity contribution in [1.82, 2.24) is 15.1 Å². The molecule has 5 nitrogen and oxygen atoms in total. The van der Waals surface area contributed by atoms with Crippen molar-refractivity contribution in [3.63, 3.8) is 0 Å². The zero-order chi connectivity index (χ0) is 18.8. The number of nitrogens with one attached hydrogen (secondary N) is 1. The molecule has 1 heterocycles. The fourth-order valence-electron chi connectivity index (χ4n) is 3.62. The van der Waals surface area contributed by atoms with Crippen LogP contribution >= 0.6 is 0 Å². The second kappa shape index (κ2) is 7.37. The maximum atomic E-state index is 12.8. The Hall–Kier alpha value is -2.92. The number of aryl methyl sites for hydroxylation is 1. The lowest BCUT2D eigenvalue weighted by atomic mass is 10.1. The van der Waals surface area contributed by atoms with Gasteiger partial charge in [-0.3, -0.25) is 4.79 Å². The third-order valence-corrected chi connectivity index (χ3v) is 5.13. The van der Waals surface area contributed by atoms with Crippen LogP contribution in [0.25, 0.3) is 5.69 Å². The molecule has 1 unspecified atom stereocenters. The van der Waals surface area contributed by atoms with E-state index >= 15 is 0 Å². The van der Waals surface area contributed by atoms with E-state index in [0.29, 0.717) is 12.2 Å². The van der Waals surface area contributed by atoms with Gasteiger partial charge in [0.15, 0.2) is 5.69 Å². The van der Waals surface area contributed by atoms with Crippen molar-refractivity contribution >= 4 is 5.91 Å². The molecule has 1 aliphatic rings. The first-order valence-electron chi connectivity index (χ1n) is 9.40. The fourth-order valence-corrected chi connectivity index (χ4v) is 3.62. The largest absolute Gasteiger partial charge is 0.349 e. The Morgan fingerprint density at radius 1 is 1.15 bits per heavy atom. The van der Waals surface area contributed by atoms with Crippen molar-refractivity contribution in [3.05, 3.63) is 82.7 Å². The van der Waals surface area contributed by atoms with Gasteiger partial charge in [0.05, 0.1) is 5.69 Å². The number of hydrogen-bond acceptors (Lipinski definition) is 3. The van der Waals surface area contributed by atoms with Crippen LogP contribution in [0, 0.1) is 6.92 Å². The summed E-state index contributed by atoms with van der Waals surface area (Å²) < 4.78 is 1.92. The van der Waals surface area contributed by atoms with Crippen LogP contribution in [0.4, 0.5) is 0 Å². The highest BCUT2D eigenvalue weighted by Gasteiger charge is 2.27. The Balaban J connectivity index is 1.54. The van der Waals surface area contributed by atoms with Gasteiger partial charge in [-0.25, -0.2) is 4.68 Å². The minimum Gasteiger partial charge on any atom is -0.349 e. The predicted molar refractivity (Wildman–Crippen MR) is 106 cm³/mol. The number of benzene rings is 2. The highest BCUT2D eigenvalue weighted by atomic mass is 16.2. The summed E-state index contributed by atoms with van der Waals surface area (Å²) >= 11 is 0. The molecule has 1 amide bonds. The van der Waals surface area contributed by atoms with E-state index in [2.05, 4.69) is 29.5 Å². The minimum absolute atomic E-state index is 0.148. The summed E-state index contributed by atoms with van der Waals surface area (Å²) in [6.45, 7) is 2.45. The number of fused-ring (bicyclic) bond motifs is 1. The van der Waals surface area contributed by atoms with E-state index in [1.807, 2.05) is 47.1 Å². The Morgan fingerprint density at radius 2 is 1.89 bits per heavy atom. The van der Waals surface area contributed by atoms with E-state index < -0.39 is 0 Å². The number of nitrogens with two attached hydrogens (primary N) is 1. The average Bonchev–Trinajstić information content (AvgIpc) is 3.30. The summed E-state index contributed by atoms with van der Waals surface area (Å²) in [5, 5.41) is 7.61. The van der Waals surface area contributed by atoms with Crippen molar-refractivity contribution in [1.29, 1.82) is 0 Å². The summed E-state index contributed by atoms with van der Waals surface area (Å²) in [5.74, 6) is -0.148. The second-order valence-corrected chi connectivity index (χ2v) is 7.10. The van der Waals surface area contributed by atoms with E-state index in [9.17, 15) is 4.79 Å². The van der Waals surface area contributed by atoms with Gasteiger partial charge >= 0.3 is 0 Å². The monoisotopic (exact) mass is 360 g/mol. The Labute approximate surface area is 159 Å². The minimum atomic E-state index is -0.234. The molecule has 1 aliphatic carbocycles. The number of rotatable bonds is 5. The molecule has 5 heteroatoms. The fraction of sp³-hybridized carbons (Fsp3) is 0.273. The third-order valence-electron chi connectivity index (χ3n) is 5.13. The molecule has 0 bridgehead atoms. The number of hydrogen-bond donors (Lipinski definition) is 2. The summed E-state index contributed by atoms with van der Waals surface area (Å²) in [4.78, 5) is 12.8. The van der Waals surface area contributed by atoms with Crippen LogP contribution in [-0.2, 0) is 12.8 Å². The highest BCUT2D eigenvalue weighted by molar-refractivity contribution is 5.94. The molecule has 138 valence electrons. The van der Waals surface area contributed by atoms with Gasteiger partial charge in [0.25, 0.3) is 5.91 Å². The molecular weight excluding hydrogens is 336 g/mol. The van der Waals surface area contributed by atoms with E-state index in [1.165, 1.54) is 5.56 Å². The summed E-state index contributed by atoms with van der Waals surface area (Å²) in [7, 11) is 0. The Morgan fingerprint density at radius 3 is 2.63 bits per heavy atom. The van der Waals surface area contributed by atoms with Crippen LogP contribution in [0.2, 0.25) is 0 Å². The SMILES string of the molecule is Cc1ccc(-n2nc(C(=O)NCC(N)c3ccccc3)c3c2CCC3)cc1. The average molecular weight is 360 g/mol. The second-order valence-electron chi connectivity index (χ2n) is 7.10. The number of carbonyl (C=O) groups excluding carboxylic acids is 1. The number of aromatic nitrogens is 2. The number of nitrogens with zero attached hydrogens (tertiary/aromatic N) is 2. The molecule has 0 saturated heterocycles. The van der Waals surface area contributed by atoms with Gasteiger partial charge in [0.1, 0.15) is 0 Å². The first-order chi connectivity index (χ1) is 13.1. The van der Waals surface area contributed by atoms with Gasteiger partial charge in [0.2, 0.25) is 0 Å². The molecule has 0 radical (unpaired) electrons. The van der Waals surface area contributed by atoms with E-state index in [1.54, 1.807) is 0 Å². The van der Waals surface area contributed by atoms with Crippen LogP contribution in [0.15, 0.2) is 54.6 Å². The van der Waals surface area contributed by atoms with Crippen LogP contribution in [0.5, 0.6) is 0 Å². The topological polar surface area (TPSA) is 72.9 Å². The smallest absolute Gasteiger partial charge is 0.272 e. The first kappa shape index (κ1) is 17.5. The molecule has 27 heavy (non-hydrogen) atoms. The lowest BCUT2D eigenvalue weighted by Gasteiger charge is -2.12. The van der Waals surface area contributed by atoms with Crippen LogP contribution in [0.3, 0.4) is 0 Å². The molecular formula is C22H24N4O. The zero-order valence-corrected chi connectivity index (χ0v) is 15.5. The molecule has 0 aliphatic heterocycles. The van der Waals surface area contributed by atoms with E-state index in [-0.39, 0.29) is 11.9 Å². The maximum absolute atomic E-state index is 12.8. The van der Waals surface area contributed by atoms with Gasteiger partial charge in [0, 0.05) is 23.8 Å². The van der Waals surface area contributed by atoms with Crippen molar-refractivity contribution in [2.75, 3.05) is 6.54 Å². The summed E-state index contributed by atoms with van der Waals surface area (Å²) in [5.41, 5.74) is 12.2. The highest BCUT2D eigenvalue weighted by Crippen LogP contribution is 2.28. The predicted octanol–water partition coefficient (Wildman–Crippen LogP) is 3.10. The molecule has 0 saturated carbocycles. The third kappa shape index (κ3) is 3.51. The summed E-state index contributed by atoms with van der Waals surface area (Å²) in [6, 6.07) is 17.8. The molecule has 3 aromatic rings. The molecule has 3 N–H and O–H groups in total. The van der Waals surface area contributed by atoms with Gasteiger partial charge in [-0.05, 0) is 43.9 Å². The first-order valence-corrected chi connectivity index (χ1v) is 9.40. The quantitative estimate of drug-likeness (QED) is 0.734. The van der Waals surface area contributed by atoms with Gasteiger partial charge < -0.3 is 11.1 Å². The van der Waals surface area contributed by atoms with Crippen molar-refractivity contribution in [3.8, 4) is 5.69 Å². The summed E-state index contributed by atoms with van der Waals surface area (Å²) in [6.07, 6.45) is 2.91. The van der Waals surface area contributed by atoms with Gasteiger partial charge in [-0.1, -0.05) is 48.0 Å². The molecule has 1 atom stereocenters. The molecule has 0 fully saturated rings. The Bertz CT molecular complexity index is 944. The maximum Gasteiger partial charge on any atom is 0.272 e. The normalized spacial score (nSPS) is 14.0. The zero-order valence-electron chi connectivity index (χ0n) is 15.5.